The van der Waals surface area contributed by atoms with Gasteiger partial charge >= 0.3 is 0 Å². The monoisotopic (exact) mass is 344 g/mol. The lowest BCUT2D eigenvalue weighted by Crippen LogP contribution is -2.57. The third-order valence-corrected chi connectivity index (χ3v) is 8.16. The fourth-order valence-electron chi connectivity index (χ4n) is 6.92. The molecule has 0 aliphatic heterocycles. The van der Waals surface area contributed by atoms with E-state index in [1.165, 1.54) is 17.5 Å². The molecule has 0 spiro atoms. The van der Waals surface area contributed by atoms with E-state index < -0.39 is 11.7 Å². The van der Waals surface area contributed by atoms with Crippen LogP contribution in [0, 0.1) is 17.3 Å². The van der Waals surface area contributed by atoms with Crippen LogP contribution in [-0.2, 0) is 6.42 Å². The van der Waals surface area contributed by atoms with E-state index in [2.05, 4.69) is 25.1 Å². The van der Waals surface area contributed by atoms with Crippen LogP contribution in [0.25, 0.3) is 0 Å². The number of aliphatic hydroxyl groups excluding tert-OH is 1. The molecule has 2 N–H and O–H groups in total. The van der Waals surface area contributed by atoms with E-state index in [0.717, 1.165) is 44.3 Å². The van der Waals surface area contributed by atoms with Gasteiger partial charge in [0, 0.05) is 5.41 Å². The maximum atomic E-state index is 11.4. The standard InChI is InChI=1S/C22H32O3/c1-4-21-11-9-18-17-8-6-16(25-3)13-15(17)5-7-19(18)20(21)10-12-22(21,24)14(2)23/h6,8,13-14,18-20,23-24H,4-5,7,9-12H2,1-3H3/t14-,18+,19+,20-,21?,22+/m0/s1. The van der Waals surface area contributed by atoms with E-state index in [1.54, 1.807) is 14.0 Å². The van der Waals surface area contributed by atoms with E-state index in [4.69, 9.17) is 4.74 Å². The number of aliphatic hydroxyl groups is 2. The van der Waals surface area contributed by atoms with E-state index >= 15 is 0 Å². The molecule has 0 amide bonds. The van der Waals surface area contributed by atoms with Crippen molar-refractivity contribution in [1.82, 2.24) is 0 Å². The second-order valence-electron chi connectivity index (χ2n) is 8.67. The topological polar surface area (TPSA) is 49.7 Å². The first-order valence-electron chi connectivity index (χ1n) is 10.0. The lowest BCUT2D eigenvalue weighted by molar-refractivity contribution is -0.169. The summed E-state index contributed by atoms with van der Waals surface area (Å²) in [6.45, 7) is 4.00. The maximum absolute atomic E-state index is 11.4. The zero-order valence-corrected chi connectivity index (χ0v) is 15.8. The van der Waals surface area contributed by atoms with Crippen molar-refractivity contribution in [3.8, 4) is 5.75 Å². The Balaban J connectivity index is 1.70. The number of aryl methyl sites for hydroxylation is 1. The molecule has 138 valence electrons. The molecule has 6 atom stereocenters. The van der Waals surface area contributed by atoms with Crippen molar-refractivity contribution in [2.75, 3.05) is 7.11 Å². The Labute approximate surface area is 151 Å². The van der Waals surface area contributed by atoms with Crippen LogP contribution in [0.4, 0.5) is 0 Å². The van der Waals surface area contributed by atoms with Crippen molar-refractivity contribution >= 4 is 0 Å². The van der Waals surface area contributed by atoms with E-state index in [-0.39, 0.29) is 5.41 Å². The van der Waals surface area contributed by atoms with Crippen LogP contribution < -0.4 is 4.74 Å². The van der Waals surface area contributed by atoms with Gasteiger partial charge in [-0.15, -0.1) is 0 Å². The molecule has 2 fully saturated rings. The second kappa shape index (κ2) is 5.99. The molecule has 1 aromatic carbocycles. The first kappa shape index (κ1) is 17.4. The zero-order valence-electron chi connectivity index (χ0n) is 15.8. The molecule has 3 heteroatoms. The molecule has 3 aliphatic carbocycles. The molecule has 3 nitrogen and oxygen atoms in total. The Morgan fingerprint density at radius 1 is 1.24 bits per heavy atom. The molecule has 0 saturated heterocycles. The van der Waals surface area contributed by atoms with Crippen LogP contribution in [0.3, 0.4) is 0 Å². The summed E-state index contributed by atoms with van der Waals surface area (Å²) in [6.07, 6.45) is 6.60. The van der Waals surface area contributed by atoms with Gasteiger partial charge in [-0.25, -0.2) is 0 Å². The summed E-state index contributed by atoms with van der Waals surface area (Å²) in [6, 6.07) is 6.59. The van der Waals surface area contributed by atoms with Crippen LogP contribution in [-0.4, -0.2) is 29.0 Å². The van der Waals surface area contributed by atoms with Crippen molar-refractivity contribution in [3.05, 3.63) is 29.3 Å². The molecule has 2 saturated carbocycles. The van der Waals surface area contributed by atoms with Gasteiger partial charge in [-0.1, -0.05) is 13.0 Å². The molecular weight excluding hydrogens is 312 g/mol. The minimum absolute atomic E-state index is 0.105. The highest BCUT2D eigenvalue weighted by atomic mass is 16.5. The lowest BCUT2D eigenvalue weighted by Gasteiger charge is -2.55. The fraction of sp³-hybridized carbons (Fsp3) is 0.727. The average molecular weight is 344 g/mol. The molecule has 4 rings (SSSR count). The number of methoxy groups -OCH3 is 1. The minimum atomic E-state index is -0.905. The van der Waals surface area contributed by atoms with Crippen molar-refractivity contribution in [3.63, 3.8) is 0 Å². The molecule has 3 aliphatic rings. The quantitative estimate of drug-likeness (QED) is 0.869. The number of ether oxygens (including phenoxy) is 1. The van der Waals surface area contributed by atoms with Crippen molar-refractivity contribution < 1.29 is 14.9 Å². The maximum Gasteiger partial charge on any atom is 0.119 e. The minimum Gasteiger partial charge on any atom is -0.497 e. The van der Waals surface area contributed by atoms with Gasteiger partial charge in [-0.05, 0) is 92.9 Å². The normalized spacial score (nSPS) is 40.8. The fourth-order valence-corrected chi connectivity index (χ4v) is 6.92. The molecule has 0 aromatic heterocycles. The molecular formula is C22H32O3. The smallest absolute Gasteiger partial charge is 0.119 e. The third kappa shape index (κ3) is 2.24. The Hall–Kier alpha value is -1.06. The summed E-state index contributed by atoms with van der Waals surface area (Å²) in [5, 5.41) is 21.8. The highest BCUT2D eigenvalue weighted by Crippen LogP contribution is 2.66. The predicted molar refractivity (Wildman–Crippen MR) is 98.9 cm³/mol. The van der Waals surface area contributed by atoms with Gasteiger partial charge in [-0.3, -0.25) is 0 Å². The molecule has 1 aromatic rings. The molecule has 0 radical (unpaired) electrons. The first-order chi connectivity index (χ1) is 12.0. The molecule has 0 heterocycles. The van der Waals surface area contributed by atoms with Crippen molar-refractivity contribution in [2.45, 2.75) is 76.4 Å². The van der Waals surface area contributed by atoms with Gasteiger partial charge in [0.25, 0.3) is 0 Å². The van der Waals surface area contributed by atoms with E-state index in [0.29, 0.717) is 17.8 Å². The Morgan fingerprint density at radius 2 is 2.04 bits per heavy atom. The summed E-state index contributed by atoms with van der Waals surface area (Å²) < 4.78 is 5.41. The van der Waals surface area contributed by atoms with Crippen LogP contribution in [0.15, 0.2) is 18.2 Å². The third-order valence-electron chi connectivity index (χ3n) is 8.16. The molecule has 1 unspecified atom stereocenters. The van der Waals surface area contributed by atoms with Crippen LogP contribution >= 0.6 is 0 Å². The second-order valence-corrected chi connectivity index (χ2v) is 8.67. The van der Waals surface area contributed by atoms with Gasteiger partial charge in [0.15, 0.2) is 0 Å². The van der Waals surface area contributed by atoms with E-state index in [1.807, 2.05) is 0 Å². The Bertz CT molecular complexity index is 655. The summed E-state index contributed by atoms with van der Waals surface area (Å²) in [7, 11) is 1.74. The van der Waals surface area contributed by atoms with Crippen LogP contribution in [0.5, 0.6) is 5.75 Å². The summed E-state index contributed by atoms with van der Waals surface area (Å²) in [5.41, 5.74) is 1.95. The first-order valence-corrected chi connectivity index (χ1v) is 10.0. The van der Waals surface area contributed by atoms with Gasteiger partial charge in [0.05, 0.1) is 18.8 Å². The van der Waals surface area contributed by atoms with Crippen LogP contribution in [0.2, 0.25) is 0 Å². The highest BCUT2D eigenvalue weighted by Gasteiger charge is 2.64. The zero-order chi connectivity index (χ0) is 17.8. The van der Waals surface area contributed by atoms with Gasteiger partial charge in [0.1, 0.15) is 5.75 Å². The molecule has 0 bridgehead atoms. The van der Waals surface area contributed by atoms with Crippen molar-refractivity contribution in [1.29, 1.82) is 0 Å². The summed E-state index contributed by atoms with van der Waals surface area (Å²) in [4.78, 5) is 0. The number of rotatable bonds is 3. The average Bonchev–Trinajstić information content (AvgIpc) is 2.95. The predicted octanol–water partition coefficient (Wildman–Crippen LogP) is 4.05. The summed E-state index contributed by atoms with van der Waals surface area (Å²) in [5.74, 6) is 2.74. The number of benzene rings is 1. The Kier molecular flexibility index (Phi) is 4.16. The van der Waals surface area contributed by atoms with E-state index in [9.17, 15) is 10.2 Å². The number of hydrogen-bond acceptors (Lipinski definition) is 3. The van der Waals surface area contributed by atoms with Gasteiger partial charge < -0.3 is 14.9 Å². The van der Waals surface area contributed by atoms with Gasteiger partial charge in [0.2, 0.25) is 0 Å². The van der Waals surface area contributed by atoms with Crippen molar-refractivity contribution in [2.24, 2.45) is 17.3 Å². The van der Waals surface area contributed by atoms with Gasteiger partial charge in [-0.2, -0.15) is 0 Å². The lowest BCUT2D eigenvalue weighted by atomic mass is 9.51. The number of hydrogen-bond donors (Lipinski definition) is 2. The molecule has 25 heavy (non-hydrogen) atoms. The largest absolute Gasteiger partial charge is 0.497 e. The number of fused-ring (bicyclic) bond motifs is 5. The Morgan fingerprint density at radius 3 is 2.72 bits per heavy atom. The van der Waals surface area contributed by atoms with Crippen LogP contribution in [0.1, 0.15) is 69.4 Å². The summed E-state index contributed by atoms with van der Waals surface area (Å²) >= 11 is 0. The highest BCUT2D eigenvalue weighted by molar-refractivity contribution is 5.41. The SMILES string of the molecule is CCC12CC[C@@H]3c4ccc(OC)cc4CC[C@H]3[C@@H]1CC[C@@]2(O)[C@H](C)O.